The van der Waals surface area contributed by atoms with Crippen LogP contribution in [0.3, 0.4) is 0 Å². The molecule has 28 heavy (non-hydrogen) atoms. The number of nitrogens with one attached hydrogen (secondary N) is 1. The lowest BCUT2D eigenvalue weighted by Crippen LogP contribution is -2.43. The molecule has 0 saturated heterocycles. The van der Waals surface area contributed by atoms with Gasteiger partial charge in [0.05, 0.1) is 18.8 Å². The van der Waals surface area contributed by atoms with E-state index in [0.29, 0.717) is 25.5 Å². The van der Waals surface area contributed by atoms with Crippen LogP contribution < -0.4 is 10.1 Å². The average Bonchev–Trinajstić information content (AvgIpc) is 3.01. The number of aryl methyl sites for hydroxylation is 1. The molecule has 0 aromatic carbocycles. The maximum Gasteiger partial charge on any atom is 0.242 e. The Kier molecular flexibility index (Phi) is 8.18. The fourth-order valence-corrected chi connectivity index (χ4v) is 3.00. The van der Waals surface area contributed by atoms with Crippen LogP contribution in [0.15, 0.2) is 12.5 Å². The molecule has 2 atom stereocenters. The zero-order chi connectivity index (χ0) is 20.7. The minimum Gasteiger partial charge on any atom is -0.470 e. The second kappa shape index (κ2) is 10.2. The first kappa shape index (κ1) is 22.5. The van der Waals surface area contributed by atoms with Crippen LogP contribution in [0.1, 0.15) is 46.6 Å². The summed E-state index contributed by atoms with van der Waals surface area (Å²) in [6, 6.07) is -0.202. The maximum absolute atomic E-state index is 10.3. The lowest BCUT2D eigenvalue weighted by Gasteiger charge is -2.23. The Morgan fingerprint density at radius 2 is 2.00 bits per heavy atom. The Morgan fingerprint density at radius 3 is 2.61 bits per heavy atom. The van der Waals surface area contributed by atoms with E-state index >= 15 is 0 Å². The van der Waals surface area contributed by atoms with Gasteiger partial charge in [-0.1, -0.05) is 6.92 Å². The summed E-state index contributed by atoms with van der Waals surface area (Å²) in [4.78, 5) is 8.85. The summed E-state index contributed by atoms with van der Waals surface area (Å²) in [5, 5.41) is 13.7. The second-order valence-electron chi connectivity index (χ2n) is 7.77. The molecule has 0 spiro atoms. The molecule has 8 heteroatoms. The number of rotatable bonds is 11. The molecule has 2 aromatic heterocycles. The number of aliphatic hydroxyl groups excluding tert-OH is 1. The summed E-state index contributed by atoms with van der Waals surface area (Å²) < 4.78 is 18.5. The van der Waals surface area contributed by atoms with Crippen molar-refractivity contribution in [2.75, 3.05) is 20.5 Å². The molecule has 8 nitrogen and oxygen atoms in total. The highest BCUT2D eigenvalue weighted by Gasteiger charge is 2.22. The summed E-state index contributed by atoms with van der Waals surface area (Å²) in [7, 11) is 1.58. The molecule has 0 fully saturated rings. The molecular formula is C20H34N4O4. The Hall–Kier alpha value is -1.74. The third kappa shape index (κ3) is 5.88. The number of hydrogen-bond donors (Lipinski definition) is 2. The quantitative estimate of drug-likeness (QED) is 0.447. The molecule has 2 rings (SSSR count). The molecule has 2 aromatic rings. The van der Waals surface area contributed by atoms with Crippen LogP contribution >= 0.6 is 0 Å². The van der Waals surface area contributed by atoms with E-state index < -0.39 is 6.10 Å². The van der Waals surface area contributed by atoms with Crippen molar-refractivity contribution >= 4 is 11.0 Å². The van der Waals surface area contributed by atoms with Gasteiger partial charge in [0.2, 0.25) is 5.88 Å². The minimum atomic E-state index is -0.509. The Balaban J connectivity index is 2.25. The van der Waals surface area contributed by atoms with Crippen molar-refractivity contribution in [2.24, 2.45) is 0 Å². The molecule has 2 heterocycles. The van der Waals surface area contributed by atoms with Crippen molar-refractivity contribution in [3.63, 3.8) is 0 Å². The molecule has 0 unspecified atom stereocenters. The number of nitrogens with zero attached hydrogens (tertiary/aromatic N) is 3. The molecule has 0 aliphatic heterocycles. The van der Waals surface area contributed by atoms with Gasteiger partial charge in [-0.2, -0.15) is 4.98 Å². The zero-order valence-electron chi connectivity index (χ0n) is 17.9. The highest BCUT2D eigenvalue weighted by atomic mass is 16.7. The topological polar surface area (TPSA) is 90.7 Å². The Labute approximate surface area is 167 Å². The van der Waals surface area contributed by atoms with E-state index in [2.05, 4.69) is 33.0 Å². The lowest BCUT2D eigenvalue weighted by atomic mass is 10.1. The third-order valence-corrected chi connectivity index (χ3v) is 4.37. The average molecular weight is 395 g/mol. The maximum atomic E-state index is 10.3. The van der Waals surface area contributed by atoms with Gasteiger partial charge in [0.25, 0.3) is 0 Å². The monoisotopic (exact) mass is 394 g/mol. The first-order valence-corrected chi connectivity index (χ1v) is 9.80. The van der Waals surface area contributed by atoms with Gasteiger partial charge < -0.3 is 29.2 Å². The van der Waals surface area contributed by atoms with Crippen LogP contribution in [0.5, 0.6) is 5.88 Å². The Morgan fingerprint density at radius 1 is 1.25 bits per heavy atom. The van der Waals surface area contributed by atoms with Crippen LogP contribution in [0, 0.1) is 0 Å². The largest absolute Gasteiger partial charge is 0.470 e. The van der Waals surface area contributed by atoms with Gasteiger partial charge in [0.1, 0.15) is 29.8 Å². The highest BCUT2D eigenvalue weighted by molar-refractivity contribution is 5.84. The van der Waals surface area contributed by atoms with Crippen LogP contribution in [-0.4, -0.2) is 57.9 Å². The molecule has 0 saturated carbocycles. The fourth-order valence-electron chi connectivity index (χ4n) is 3.00. The smallest absolute Gasteiger partial charge is 0.242 e. The van der Waals surface area contributed by atoms with Gasteiger partial charge in [0, 0.05) is 32.0 Å². The number of methoxy groups -OCH3 is 1. The van der Waals surface area contributed by atoms with Crippen molar-refractivity contribution in [1.82, 2.24) is 19.9 Å². The van der Waals surface area contributed by atoms with Gasteiger partial charge in [-0.25, -0.2) is 4.98 Å². The van der Waals surface area contributed by atoms with Crippen LogP contribution in [-0.2, 0) is 22.6 Å². The summed E-state index contributed by atoms with van der Waals surface area (Å²) in [6.45, 7) is 11.9. The summed E-state index contributed by atoms with van der Waals surface area (Å²) >= 11 is 0. The molecule has 0 amide bonds. The van der Waals surface area contributed by atoms with E-state index in [4.69, 9.17) is 14.2 Å². The van der Waals surface area contributed by atoms with Crippen molar-refractivity contribution in [1.29, 1.82) is 0 Å². The fraction of sp³-hybridized carbons (Fsp3) is 0.700. The van der Waals surface area contributed by atoms with Crippen molar-refractivity contribution in [3.8, 4) is 5.88 Å². The zero-order valence-corrected chi connectivity index (χ0v) is 17.9. The summed E-state index contributed by atoms with van der Waals surface area (Å²) in [5.41, 5.74) is 2.42. The van der Waals surface area contributed by atoms with E-state index in [0.717, 1.165) is 23.1 Å². The number of ether oxygens (including phenoxy) is 3. The van der Waals surface area contributed by atoms with Crippen molar-refractivity contribution < 1.29 is 19.3 Å². The first-order chi connectivity index (χ1) is 13.3. The van der Waals surface area contributed by atoms with E-state index in [1.807, 2.05) is 27.7 Å². The van der Waals surface area contributed by atoms with E-state index in [9.17, 15) is 5.11 Å². The molecule has 0 aliphatic rings. The molecule has 0 bridgehead atoms. The highest BCUT2D eigenvalue weighted by Crippen LogP contribution is 2.28. The Bertz CT molecular complexity index is 742. The number of aromatic nitrogens is 3. The second-order valence-corrected chi connectivity index (χ2v) is 7.77. The third-order valence-electron chi connectivity index (χ3n) is 4.37. The molecule has 2 N–H and O–H groups in total. The van der Waals surface area contributed by atoms with Crippen LogP contribution in [0.2, 0.25) is 0 Å². The van der Waals surface area contributed by atoms with Gasteiger partial charge in [-0.15, -0.1) is 0 Å². The molecule has 0 aliphatic carbocycles. The van der Waals surface area contributed by atoms with Crippen LogP contribution in [0.25, 0.3) is 11.0 Å². The predicted molar refractivity (Wildman–Crippen MR) is 108 cm³/mol. The molecular weight excluding hydrogens is 360 g/mol. The van der Waals surface area contributed by atoms with Gasteiger partial charge >= 0.3 is 0 Å². The molecule has 0 radical (unpaired) electrons. The summed E-state index contributed by atoms with van der Waals surface area (Å²) in [6.07, 6.45) is 3.72. The lowest BCUT2D eigenvalue weighted by molar-refractivity contribution is -0.0514. The molecule has 158 valence electrons. The first-order valence-electron chi connectivity index (χ1n) is 9.80. The van der Waals surface area contributed by atoms with Crippen molar-refractivity contribution in [2.45, 2.75) is 71.9 Å². The SMILES string of the molecule is CC[C@H](O)[C@H](COCOC)NCc1cn(CC)c2c(OC(C)(C)C)ncnc12. The number of hydrogen-bond acceptors (Lipinski definition) is 7. The van der Waals surface area contributed by atoms with E-state index in [1.165, 1.54) is 6.33 Å². The predicted octanol–water partition coefficient (Wildman–Crippen LogP) is 2.48. The number of aliphatic hydroxyl groups is 1. The van der Waals surface area contributed by atoms with Gasteiger partial charge in [0.15, 0.2) is 0 Å². The van der Waals surface area contributed by atoms with E-state index in [-0.39, 0.29) is 18.4 Å². The summed E-state index contributed by atoms with van der Waals surface area (Å²) in [5.74, 6) is 0.583. The van der Waals surface area contributed by atoms with E-state index in [1.54, 1.807) is 7.11 Å². The number of fused-ring (bicyclic) bond motifs is 1. The minimum absolute atomic E-state index is 0.199. The normalized spacial score (nSPS) is 14.4. The van der Waals surface area contributed by atoms with Gasteiger partial charge in [-0.3, -0.25) is 0 Å². The van der Waals surface area contributed by atoms with Crippen molar-refractivity contribution in [3.05, 3.63) is 18.1 Å². The standard InChI is InChI=1S/C20H34N4O4/c1-7-16(25)15(11-27-13-26-6)21-9-14-10-24(8-2)18-17(14)22-12-23-19(18)28-20(3,4)5/h10,12,15-16,21,25H,7-9,11,13H2,1-6H3/t15-,16-/m0/s1. The van der Waals surface area contributed by atoms with Crippen LogP contribution in [0.4, 0.5) is 0 Å². The van der Waals surface area contributed by atoms with Gasteiger partial charge in [-0.05, 0) is 34.1 Å².